The molecule has 1 N–H and O–H groups in total. The minimum Gasteiger partial charge on any atom is -0.338 e. The Morgan fingerprint density at radius 1 is 1.00 bits per heavy atom. The Morgan fingerprint density at radius 2 is 1.78 bits per heavy atom. The normalized spacial score (nSPS) is 10.9. The van der Waals surface area contributed by atoms with Crippen LogP contribution in [-0.4, -0.2) is 20.1 Å². The first-order valence-electron chi connectivity index (χ1n) is 8.36. The van der Waals surface area contributed by atoms with Crippen LogP contribution in [0.25, 0.3) is 22.6 Å². The number of aromatic nitrogens is 4. The molecule has 134 valence electrons. The molecule has 0 amide bonds. The minimum absolute atomic E-state index is 0.197. The summed E-state index contributed by atoms with van der Waals surface area (Å²) in [6.45, 7) is 2.03. The molecular weight excluding hydrogens is 360 g/mol. The highest BCUT2D eigenvalue weighted by atomic mass is 32.2. The van der Waals surface area contributed by atoms with E-state index in [1.807, 2.05) is 61.5 Å². The topological polar surface area (TPSA) is 84.7 Å². The largest absolute Gasteiger partial charge is 0.338 e. The number of hydrogen-bond acceptors (Lipinski definition) is 6. The van der Waals surface area contributed by atoms with Crippen molar-refractivity contribution in [1.82, 2.24) is 20.1 Å². The zero-order valence-electron chi connectivity index (χ0n) is 14.5. The lowest BCUT2D eigenvalue weighted by Crippen LogP contribution is -2.08. The molecule has 0 atom stereocenters. The number of nitrogens with zero attached hydrogens (tertiary/aromatic N) is 3. The zero-order valence-corrected chi connectivity index (χ0v) is 15.4. The van der Waals surface area contributed by atoms with Gasteiger partial charge in [0.2, 0.25) is 11.7 Å². The number of aromatic amines is 1. The first kappa shape index (κ1) is 17.2. The monoisotopic (exact) mass is 376 g/mol. The zero-order chi connectivity index (χ0) is 18.6. The van der Waals surface area contributed by atoms with Crippen LogP contribution in [0.4, 0.5) is 0 Å². The Bertz CT molecular complexity index is 1100. The molecule has 2 aromatic heterocycles. The summed E-state index contributed by atoms with van der Waals surface area (Å²) in [7, 11) is 0. The van der Waals surface area contributed by atoms with Crippen LogP contribution in [-0.2, 0) is 5.75 Å². The van der Waals surface area contributed by atoms with Gasteiger partial charge in [-0.25, -0.2) is 4.98 Å². The smallest absolute Gasteiger partial charge is 0.252 e. The van der Waals surface area contributed by atoms with Gasteiger partial charge < -0.3 is 9.51 Å². The molecule has 0 bridgehead atoms. The predicted molar refractivity (Wildman–Crippen MR) is 104 cm³/mol. The fourth-order valence-corrected chi connectivity index (χ4v) is 3.24. The van der Waals surface area contributed by atoms with Crippen molar-refractivity contribution in [2.24, 2.45) is 0 Å². The molecule has 4 aromatic rings. The standard InChI is InChI=1S/C20H16N4O2S/c1-13-7-9-15(10-8-13)19-23-18(26-24-19)12-27-20-21-16(11-17(25)22-20)14-5-3-2-4-6-14/h2-11H,12H2,1H3,(H,21,22,25). The molecule has 6 nitrogen and oxygen atoms in total. The molecule has 0 aliphatic heterocycles. The van der Waals surface area contributed by atoms with E-state index < -0.39 is 0 Å². The Hall–Kier alpha value is -3.19. The molecule has 0 unspecified atom stereocenters. The van der Waals surface area contributed by atoms with Crippen LogP contribution in [0.3, 0.4) is 0 Å². The lowest BCUT2D eigenvalue weighted by Gasteiger charge is -2.03. The van der Waals surface area contributed by atoms with E-state index in [9.17, 15) is 4.79 Å². The molecule has 0 fully saturated rings. The fourth-order valence-electron chi connectivity index (χ4n) is 2.52. The summed E-state index contributed by atoms with van der Waals surface area (Å²) in [6, 6.07) is 19.0. The van der Waals surface area contributed by atoms with Gasteiger partial charge in [0.25, 0.3) is 5.56 Å². The summed E-state index contributed by atoms with van der Waals surface area (Å²) in [5.41, 5.74) is 3.40. The van der Waals surface area contributed by atoms with E-state index in [-0.39, 0.29) is 5.56 Å². The van der Waals surface area contributed by atoms with Crippen LogP contribution >= 0.6 is 11.8 Å². The van der Waals surface area contributed by atoms with E-state index >= 15 is 0 Å². The van der Waals surface area contributed by atoms with Gasteiger partial charge >= 0.3 is 0 Å². The third kappa shape index (κ3) is 4.15. The van der Waals surface area contributed by atoms with Crippen molar-refractivity contribution in [3.05, 3.63) is 82.5 Å². The van der Waals surface area contributed by atoms with Crippen molar-refractivity contribution in [2.75, 3.05) is 0 Å². The number of rotatable bonds is 5. The number of benzene rings is 2. The van der Waals surface area contributed by atoms with Gasteiger partial charge in [-0.15, -0.1) is 0 Å². The van der Waals surface area contributed by atoms with Gasteiger partial charge in [0.1, 0.15) is 0 Å². The number of nitrogens with one attached hydrogen (secondary N) is 1. The highest BCUT2D eigenvalue weighted by Gasteiger charge is 2.11. The molecule has 0 spiro atoms. The summed E-state index contributed by atoms with van der Waals surface area (Å²) in [6.07, 6.45) is 0. The Morgan fingerprint density at radius 3 is 2.56 bits per heavy atom. The van der Waals surface area contributed by atoms with E-state index in [1.54, 1.807) is 0 Å². The Labute approximate surface area is 159 Å². The molecule has 0 aliphatic carbocycles. The van der Waals surface area contributed by atoms with Gasteiger partial charge in [-0.3, -0.25) is 4.79 Å². The number of H-pyrrole nitrogens is 1. The van der Waals surface area contributed by atoms with Gasteiger partial charge in [-0.1, -0.05) is 77.1 Å². The average molecular weight is 376 g/mol. The number of hydrogen-bond donors (Lipinski definition) is 1. The van der Waals surface area contributed by atoms with Crippen LogP contribution in [0, 0.1) is 6.92 Å². The van der Waals surface area contributed by atoms with Crippen molar-refractivity contribution < 1.29 is 4.52 Å². The second-order valence-corrected chi connectivity index (χ2v) is 6.93. The molecule has 0 radical (unpaired) electrons. The molecule has 0 aliphatic rings. The van der Waals surface area contributed by atoms with E-state index in [4.69, 9.17) is 4.52 Å². The molecule has 2 heterocycles. The fraction of sp³-hybridized carbons (Fsp3) is 0.100. The summed E-state index contributed by atoms with van der Waals surface area (Å²) in [5, 5.41) is 4.53. The summed E-state index contributed by atoms with van der Waals surface area (Å²) < 4.78 is 5.31. The van der Waals surface area contributed by atoms with Gasteiger partial charge in [-0.05, 0) is 6.92 Å². The lowest BCUT2D eigenvalue weighted by molar-refractivity contribution is 0.391. The SMILES string of the molecule is Cc1ccc(-c2noc(CSc3nc(-c4ccccc4)cc(=O)[nH]3)n2)cc1. The van der Waals surface area contributed by atoms with Crippen molar-refractivity contribution in [1.29, 1.82) is 0 Å². The summed E-state index contributed by atoms with van der Waals surface area (Å²) in [4.78, 5) is 23.6. The average Bonchev–Trinajstić information content (AvgIpc) is 3.16. The van der Waals surface area contributed by atoms with Crippen molar-refractivity contribution in [3.63, 3.8) is 0 Å². The molecule has 27 heavy (non-hydrogen) atoms. The maximum absolute atomic E-state index is 12.0. The molecule has 0 saturated heterocycles. The minimum atomic E-state index is -0.197. The van der Waals surface area contributed by atoms with Crippen molar-refractivity contribution in [2.45, 2.75) is 17.8 Å². The predicted octanol–water partition coefficient (Wildman–Crippen LogP) is 4.09. The van der Waals surface area contributed by atoms with Crippen LogP contribution in [0.2, 0.25) is 0 Å². The third-order valence-electron chi connectivity index (χ3n) is 3.90. The molecular formula is C20H16N4O2S. The van der Waals surface area contributed by atoms with Crippen LogP contribution in [0.5, 0.6) is 0 Å². The Balaban J connectivity index is 1.50. The second kappa shape index (κ2) is 7.59. The van der Waals surface area contributed by atoms with Gasteiger partial charge in [0.15, 0.2) is 5.16 Å². The highest BCUT2D eigenvalue weighted by Crippen LogP contribution is 2.23. The van der Waals surface area contributed by atoms with E-state index in [0.29, 0.717) is 28.3 Å². The second-order valence-electron chi connectivity index (χ2n) is 5.97. The lowest BCUT2D eigenvalue weighted by atomic mass is 10.1. The molecule has 0 saturated carbocycles. The van der Waals surface area contributed by atoms with Crippen LogP contribution in [0.15, 0.2) is 75.1 Å². The van der Waals surface area contributed by atoms with E-state index in [1.165, 1.54) is 23.4 Å². The maximum Gasteiger partial charge on any atom is 0.252 e. The van der Waals surface area contributed by atoms with Gasteiger partial charge in [-0.2, -0.15) is 4.98 Å². The van der Waals surface area contributed by atoms with Crippen LogP contribution < -0.4 is 5.56 Å². The van der Waals surface area contributed by atoms with Crippen molar-refractivity contribution >= 4 is 11.8 Å². The number of thioether (sulfide) groups is 1. The first-order valence-corrected chi connectivity index (χ1v) is 9.35. The summed E-state index contributed by atoms with van der Waals surface area (Å²) in [5.74, 6) is 1.44. The third-order valence-corrected chi connectivity index (χ3v) is 4.76. The van der Waals surface area contributed by atoms with Crippen LogP contribution in [0.1, 0.15) is 11.5 Å². The quantitative estimate of drug-likeness (QED) is 0.417. The van der Waals surface area contributed by atoms with E-state index in [0.717, 1.165) is 11.1 Å². The number of aryl methyl sites for hydroxylation is 1. The van der Waals surface area contributed by atoms with Gasteiger partial charge in [0, 0.05) is 17.2 Å². The summed E-state index contributed by atoms with van der Waals surface area (Å²) >= 11 is 1.34. The molecule has 7 heteroatoms. The first-order chi connectivity index (χ1) is 13.2. The highest BCUT2D eigenvalue weighted by molar-refractivity contribution is 7.98. The van der Waals surface area contributed by atoms with Gasteiger partial charge in [0.05, 0.1) is 11.4 Å². The van der Waals surface area contributed by atoms with E-state index in [2.05, 4.69) is 20.1 Å². The molecule has 2 aromatic carbocycles. The Kier molecular flexibility index (Phi) is 4.84. The maximum atomic E-state index is 12.0. The van der Waals surface area contributed by atoms with Crippen molar-refractivity contribution in [3.8, 4) is 22.6 Å². The molecule has 4 rings (SSSR count).